The summed E-state index contributed by atoms with van der Waals surface area (Å²) in [4.78, 5) is 0. The fourth-order valence-electron chi connectivity index (χ4n) is 1.62. The predicted octanol–water partition coefficient (Wildman–Crippen LogP) is 3.03. The molecule has 3 heteroatoms. The molecule has 1 aromatic rings. The monoisotopic (exact) mass is 244 g/mol. The Kier molecular flexibility index (Phi) is 2.28. The summed E-state index contributed by atoms with van der Waals surface area (Å²) in [6.07, 6.45) is 0.402. The van der Waals surface area contributed by atoms with Gasteiger partial charge in [0.1, 0.15) is 18.5 Å². The summed E-state index contributed by atoms with van der Waals surface area (Å²) in [5.74, 6) is 0.813. The normalized spacial score (nSPS) is 19.8. The van der Waals surface area contributed by atoms with Gasteiger partial charge in [-0.1, -0.05) is 6.07 Å². The number of ether oxygens (including phenoxy) is 1. The maximum atomic E-state index is 12.4. The molecule has 0 amide bonds. The Morgan fingerprint density at radius 1 is 1.62 bits per heavy atom. The lowest BCUT2D eigenvalue weighted by molar-refractivity contribution is 0.189. The van der Waals surface area contributed by atoms with E-state index in [2.05, 4.69) is 22.0 Å². The third kappa shape index (κ3) is 1.57. The zero-order chi connectivity index (χ0) is 9.42. The van der Waals surface area contributed by atoms with E-state index in [1.54, 1.807) is 0 Å². The Hall–Kier alpha value is -0.570. The van der Waals surface area contributed by atoms with Crippen molar-refractivity contribution < 1.29 is 9.13 Å². The molecule has 0 N–H and O–H groups in total. The van der Waals surface area contributed by atoms with Crippen LogP contribution in [0.5, 0.6) is 5.75 Å². The Labute approximate surface area is 85.0 Å². The molecule has 1 atom stereocenters. The van der Waals surface area contributed by atoms with Crippen LogP contribution in [0.2, 0.25) is 0 Å². The molecule has 1 heterocycles. The average Bonchev–Trinajstić information content (AvgIpc) is 2.47. The van der Waals surface area contributed by atoms with Crippen LogP contribution in [0.3, 0.4) is 0 Å². The van der Waals surface area contributed by atoms with Crippen molar-refractivity contribution in [2.24, 2.45) is 0 Å². The molecule has 1 aliphatic rings. The van der Waals surface area contributed by atoms with Gasteiger partial charge in [0.2, 0.25) is 0 Å². The first-order valence-corrected chi connectivity index (χ1v) is 5.01. The first kappa shape index (κ1) is 9.00. The molecule has 0 spiro atoms. The summed E-state index contributed by atoms with van der Waals surface area (Å²) >= 11 is 3.41. The van der Waals surface area contributed by atoms with Crippen molar-refractivity contribution in [2.45, 2.75) is 19.4 Å². The molecular weight excluding hydrogens is 235 g/mol. The summed E-state index contributed by atoms with van der Waals surface area (Å²) in [5.41, 5.74) is 2.28. The lowest BCUT2D eigenvalue weighted by Gasteiger charge is -2.06. The van der Waals surface area contributed by atoms with Crippen LogP contribution in [0, 0.1) is 6.92 Å². The van der Waals surface area contributed by atoms with Gasteiger partial charge < -0.3 is 4.74 Å². The number of hydrogen-bond donors (Lipinski definition) is 0. The second kappa shape index (κ2) is 3.29. The van der Waals surface area contributed by atoms with Gasteiger partial charge in [-0.3, -0.25) is 0 Å². The average molecular weight is 245 g/mol. The van der Waals surface area contributed by atoms with Crippen molar-refractivity contribution in [3.8, 4) is 5.75 Å². The van der Waals surface area contributed by atoms with Crippen molar-refractivity contribution in [3.63, 3.8) is 0 Å². The number of benzene rings is 1. The molecule has 0 bridgehead atoms. The van der Waals surface area contributed by atoms with Crippen LogP contribution in [0.1, 0.15) is 11.1 Å². The summed E-state index contributed by atoms with van der Waals surface area (Å²) in [5, 5.41) is 0. The van der Waals surface area contributed by atoms with Gasteiger partial charge in [0.15, 0.2) is 0 Å². The van der Waals surface area contributed by atoms with Crippen LogP contribution in [-0.4, -0.2) is 12.8 Å². The highest BCUT2D eigenvalue weighted by Gasteiger charge is 2.24. The molecule has 70 valence electrons. The molecule has 0 aromatic heterocycles. The molecule has 13 heavy (non-hydrogen) atoms. The largest absolute Gasteiger partial charge is 0.486 e. The Balaban J connectivity index is 2.40. The molecular formula is C10H10BrFO. The van der Waals surface area contributed by atoms with E-state index in [9.17, 15) is 4.39 Å². The van der Waals surface area contributed by atoms with E-state index in [0.29, 0.717) is 6.42 Å². The molecule has 1 nitrogen and oxygen atoms in total. The molecule has 1 aliphatic heterocycles. The van der Waals surface area contributed by atoms with Gasteiger partial charge in [0.25, 0.3) is 0 Å². The molecule has 2 rings (SSSR count). The van der Waals surface area contributed by atoms with Crippen LogP contribution >= 0.6 is 15.9 Å². The molecule has 0 fully saturated rings. The molecule has 0 saturated carbocycles. The highest BCUT2D eigenvalue weighted by Crippen LogP contribution is 2.37. The number of alkyl halides is 1. The summed E-state index contributed by atoms with van der Waals surface area (Å²) in [6, 6.07) is 4.04. The standard InChI is InChI=1S/C10H10BrFO/c1-6-2-7-4-8(5-12)13-10(7)9(11)3-6/h2-3,8H,4-5H2,1H3. The maximum absolute atomic E-state index is 12.4. The quantitative estimate of drug-likeness (QED) is 0.738. The Morgan fingerprint density at radius 2 is 2.38 bits per heavy atom. The fourth-order valence-corrected chi connectivity index (χ4v) is 2.33. The van der Waals surface area contributed by atoms with Crippen molar-refractivity contribution in [1.29, 1.82) is 0 Å². The number of fused-ring (bicyclic) bond motifs is 1. The van der Waals surface area contributed by atoms with Crippen LogP contribution < -0.4 is 4.74 Å². The second-order valence-corrected chi connectivity index (χ2v) is 4.19. The number of aryl methyl sites for hydroxylation is 1. The third-order valence-corrected chi connectivity index (χ3v) is 2.76. The summed E-state index contributed by atoms with van der Waals surface area (Å²) in [7, 11) is 0. The molecule has 0 aliphatic carbocycles. The van der Waals surface area contributed by atoms with Crippen LogP contribution in [0.25, 0.3) is 0 Å². The smallest absolute Gasteiger partial charge is 0.137 e. The molecule has 1 unspecified atom stereocenters. The number of halogens is 2. The summed E-state index contributed by atoms with van der Waals surface area (Å²) < 4.78 is 18.7. The minimum Gasteiger partial charge on any atom is -0.486 e. The fraction of sp³-hybridized carbons (Fsp3) is 0.400. The molecule has 0 saturated heterocycles. The maximum Gasteiger partial charge on any atom is 0.137 e. The minimum atomic E-state index is -0.417. The van der Waals surface area contributed by atoms with E-state index in [0.717, 1.165) is 15.8 Å². The van der Waals surface area contributed by atoms with Gasteiger partial charge in [-0.2, -0.15) is 0 Å². The van der Waals surface area contributed by atoms with Gasteiger partial charge in [-0.05, 0) is 40.0 Å². The van der Waals surface area contributed by atoms with Gasteiger partial charge in [0.05, 0.1) is 4.47 Å². The minimum absolute atomic E-state index is 0.284. The van der Waals surface area contributed by atoms with Crippen molar-refractivity contribution >= 4 is 15.9 Å². The van der Waals surface area contributed by atoms with Gasteiger partial charge in [-0.25, -0.2) is 4.39 Å². The lowest BCUT2D eigenvalue weighted by atomic mass is 10.1. The van der Waals surface area contributed by atoms with Gasteiger partial charge in [0, 0.05) is 6.42 Å². The van der Waals surface area contributed by atoms with E-state index in [1.165, 1.54) is 5.56 Å². The number of hydrogen-bond acceptors (Lipinski definition) is 1. The Bertz CT molecular complexity index is 338. The number of rotatable bonds is 1. The van der Waals surface area contributed by atoms with Gasteiger partial charge >= 0.3 is 0 Å². The zero-order valence-corrected chi connectivity index (χ0v) is 8.90. The molecule has 1 aromatic carbocycles. The topological polar surface area (TPSA) is 9.23 Å². The lowest BCUT2D eigenvalue weighted by Crippen LogP contribution is -2.14. The first-order chi connectivity index (χ1) is 6.20. The zero-order valence-electron chi connectivity index (χ0n) is 7.31. The highest BCUT2D eigenvalue weighted by atomic mass is 79.9. The second-order valence-electron chi connectivity index (χ2n) is 3.33. The van der Waals surface area contributed by atoms with Gasteiger partial charge in [-0.15, -0.1) is 0 Å². The van der Waals surface area contributed by atoms with E-state index >= 15 is 0 Å². The molecule has 0 radical (unpaired) electrons. The summed E-state index contributed by atoms with van der Waals surface area (Å²) in [6.45, 7) is 1.61. The SMILES string of the molecule is Cc1cc(Br)c2c(c1)CC(CF)O2. The van der Waals surface area contributed by atoms with Crippen molar-refractivity contribution in [1.82, 2.24) is 0 Å². The first-order valence-electron chi connectivity index (χ1n) is 4.22. The van der Waals surface area contributed by atoms with E-state index in [-0.39, 0.29) is 6.10 Å². The predicted molar refractivity (Wildman–Crippen MR) is 53.0 cm³/mol. The highest BCUT2D eigenvalue weighted by molar-refractivity contribution is 9.10. The van der Waals surface area contributed by atoms with Crippen LogP contribution in [-0.2, 0) is 6.42 Å². The van der Waals surface area contributed by atoms with E-state index < -0.39 is 6.67 Å². The third-order valence-electron chi connectivity index (χ3n) is 2.17. The van der Waals surface area contributed by atoms with Crippen molar-refractivity contribution in [2.75, 3.05) is 6.67 Å². The van der Waals surface area contributed by atoms with E-state index in [4.69, 9.17) is 4.74 Å². The van der Waals surface area contributed by atoms with E-state index in [1.807, 2.05) is 13.0 Å². The Morgan fingerprint density at radius 3 is 3.08 bits per heavy atom. The van der Waals surface area contributed by atoms with Crippen molar-refractivity contribution in [3.05, 3.63) is 27.7 Å². The van der Waals surface area contributed by atoms with Crippen LogP contribution in [0.4, 0.5) is 4.39 Å². The van der Waals surface area contributed by atoms with Crippen LogP contribution in [0.15, 0.2) is 16.6 Å².